The Hall–Kier alpha value is -3.58. The molecule has 200 valence electrons. The topological polar surface area (TPSA) is 69.0 Å². The van der Waals surface area contributed by atoms with Crippen molar-refractivity contribution in [3.63, 3.8) is 0 Å². The van der Waals surface area contributed by atoms with E-state index in [1.807, 2.05) is 30.9 Å². The molecular formula is C31H38N4O3. The molecule has 0 aliphatic carbocycles. The Bertz CT molecular complexity index is 1340. The highest BCUT2D eigenvalue weighted by atomic mass is 16.3. The van der Waals surface area contributed by atoms with Crippen molar-refractivity contribution in [2.75, 3.05) is 25.1 Å². The van der Waals surface area contributed by atoms with E-state index in [-0.39, 0.29) is 35.8 Å². The van der Waals surface area contributed by atoms with Gasteiger partial charge in [-0.3, -0.25) is 19.3 Å². The number of aromatic hydroxyl groups is 1. The molecule has 1 saturated heterocycles. The van der Waals surface area contributed by atoms with E-state index in [0.29, 0.717) is 0 Å². The molecule has 3 aromatic rings. The summed E-state index contributed by atoms with van der Waals surface area (Å²) in [4.78, 5) is 30.9. The molecule has 0 saturated carbocycles. The first-order valence-corrected chi connectivity index (χ1v) is 13.6. The van der Waals surface area contributed by atoms with E-state index in [2.05, 4.69) is 67.2 Å². The second kappa shape index (κ2) is 10.3. The third-order valence-electron chi connectivity index (χ3n) is 8.27. The Kier molecular flexibility index (Phi) is 7.05. The lowest BCUT2D eigenvalue weighted by Crippen LogP contribution is -2.67. The lowest BCUT2D eigenvalue weighted by Gasteiger charge is -2.55. The number of pyridine rings is 1. The van der Waals surface area contributed by atoms with Crippen molar-refractivity contribution in [1.29, 1.82) is 0 Å². The fourth-order valence-corrected chi connectivity index (χ4v) is 6.23. The van der Waals surface area contributed by atoms with Crippen LogP contribution in [0.2, 0.25) is 0 Å². The highest BCUT2D eigenvalue weighted by molar-refractivity contribution is 5.96. The van der Waals surface area contributed by atoms with Crippen molar-refractivity contribution in [2.24, 2.45) is 5.92 Å². The van der Waals surface area contributed by atoms with Gasteiger partial charge in [0.15, 0.2) is 11.4 Å². The van der Waals surface area contributed by atoms with Gasteiger partial charge in [-0.05, 0) is 82.9 Å². The summed E-state index contributed by atoms with van der Waals surface area (Å²) < 4.78 is 1.77. The fraction of sp³-hybridized carbons (Fsp3) is 0.419. The molecule has 1 unspecified atom stereocenters. The maximum absolute atomic E-state index is 14.1. The molecule has 38 heavy (non-hydrogen) atoms. The van der Waals surface area contributed by atoms with E-state index < -0.39 is 11.2 Å². The Labute approximate surface area is 224 Å². The SMILES string of the molecule is Cc1ccccc1C(c1ccccc1C)N1C(C2CCN(C)CC2)N(C(C)C)C(=O)c2c(O)c(=O)ccn21. The number of carbonyl (C=O) groups excluding carboxylic acids is 1. The predicted molar refractivity (Wildman–Crippen MR) is 150 cm³/mol. The molecule has 0 bridgehead atoms. The number of hydrogen-bond acceptors (Lipinski definition) is 5. The first-order valence-electron chi connectivity index (χ1n) is 13.6. The number of nitrogens with zero attached hydrogens (tertiary/aromatic N) is 4. The number of carbonyl (C=O) groups is 1. The normalized spacial score (nSPS) is 18.9. The van der Waals surface area contributed by atoms with Crippen molar-refractivity contribution in [1.82, 2.24) is 14.5 Å². The van der Waals surface area contributed by atoms with Crippen LogP contribution >= 0.6 is 0 Å². The van der Waals surface area contributed by atoms with Gasteiger partial charge in [0.25, 0.3) is 5.91 Å². The molecule has 7 nitrogen and oxygen atoms in total. The summed E-state index contributed by atoms with van der Waals surface area (Å²) in [7, 11) is 2.14. The second-order valence-corrected chi connectivity index (χ2v) is 11.1. The van der Waals surface area contributed by atoms with E-state index >= 15 is 0 Å². The highest BCUT2D eigenvalue weighted by Crippen LogP contribution is 2.41. The lowest BCUT2D eigenvalue weighted by molar-refractivity contribution is 0.0234. The van der Waals surface area contributed by atoms with Gasteiger partial charge in [0, 0.05) is 24.2 Å². The zero-order valence-corrected chi connectivity index (χ0v) is 23.0. The summed E-state index contributed by atoms with van der Waals surface area (Å²) in [6.45, 7) is 10.2. The molecule has 0 radical (unpaired) electrons. The average Bonchev–Trinajstić information content (AvgIpc) is 2.89. The van der Waals surface area contributed by atoms with Crippen molar-refractivity contribution >= 4 is 5.91 Å². The summed E-state index contributed by atoms with van der Waals surface area (Å²) in [5.41, 5.74) is 4.02. The monoisotopic (exact) mass is 514 g/mol. The van der Waals surface area contributed by atoms with Gasteiger partial charge in [0.1, 0.15) is 6.17 Å². The van der Waals surface area contributed by atoms with Crippen LogP contribution in [0.4, 0.5) is 0 Å². The van der Waals surface area contributed by atoms with Crippen LogP contribution in [0.15, 0.2) is 65.6 Å². The summed E-state index contributed by atoms with van der Waals surface area (Å²) in [6, 6.07) is 17.7. The van der Waals surface area contributed by atoms with Gasteiger partial charge in [0.2, 0.25) is 5.43 Å². The molecule has 7 heteroatoms. The Morgan fingerprint density at radius 2 is 1.42 bits per heavy atom. The Morgan fingerprint density at radius 1 is 0.868 bits per heavy atom. The van der Waals surface area contributed by atoms with E-state index in [0.717, 1.165) is 48.2 Å². The molecule has 1 atom stereocenters. The highest BCUT2D eigenvalue weighted by Gasteiger charge is 2.48. The van der Waals surface area contributed by atoms with E-state index in [1.54, 1.807) is 10.9 Å². The van der Waals surface area contributed by atoms with Gasteiger partial charge in [0.05, 0.1) is 6.04 Å². The van der Waals surface area contributed by atoms with Crippen LogP contribution in [0.25, 0.3) is 0 Å². The van der Waals surface area contributed by atoms with Gasteiger partial charge < -0.3 is 14.9 Å². The van der Waals surface area contributed by atoms with Crippen molar-refractivity contribution in [2.45, 2.75) is 58.8 Å². The maximum atomic E-state index is 14.1. The van der Waals surface area contributed by atoms with Crippen LogP contribution in [0.1, 0.15) is 65.5 Å². The maximum Gasteiger partial charge on any atom is 0.278 e. The third kappa shape index (κ3) is 4.39. The molecule has 1 N–H and O–H groups in total. The number of amides is 1. The van der Waals surface area contributed by atoms with Crippen LogP contribution in [0.5, 0.6) is 5.75 Å². The predicted octanol–water partition coefficient (Wildman–Crippen LogP) is 4.43. The number of rotatable bonds is 5. The molecule has 2 aliphatic rings. The molecule has 5 rings (SSSR count). The average molecular weight is 515 g/mol. The first kappa shape index (κ1) is 26.0. The number of hydrogen-bond donors (Lipinski definition) is 1. The fourth-order valence-electron chi connectivity index (χ4n) is 6.23. The quantitative estimate of drug-likeness (QED) is 0.546. The number of fused-ring (bicyclic) bond motifs is 1. The minimum absolute atomic E-state index is 0.0301. The van der Waals surface area contributed by atoms with Gasteiger partial charge >= 0.3 is 0 Å². The Morgan fingerprint density at radius 3 is 1.95 bits per heavy atom. The van der Waals surface area contributed by atoms with E-state index in [4.69, 9.17) is 0 Å². The minimum Gasteiger partial charge on any atom is -0.502 e. The summed E-state index contributed by atoms with van der Waals surface area (Å²) in [5.74, 6) is -0.588. The number of likely N-dealkylation sites (tertiary alicyclic amines) is 1. The number of aryl methyl sites for hydroxylation is 2. The van der Waals surface area contributed by atoms with Crippen LogP contribution in [-0.4, -0.2) is 57.8 Å². The Balaban J connectivity index is 1.84. The van der Waals surface area contributed by atoms with Gasteiger partial charge in [-0.1, -0.05) is 48.5 Å². The van der Waals surface area contributed by atoms with E-state index in [9.17, 15) is 14.7 Å². The zero-order chi connectivity index (χ0) is 27.1. The molecule has 3 heterocycles. The minimum atomic E-state index is -0.547. The van der Waals surface area contributed by atoms with Crippen molar-refractivity contribution in [3.8, 4) is 5.75 Å². The molecule has 2 aromatic carbocycles. The molecule has 1 amide bonds. The molecule has 0 spiro atoms. The molecular weight excluding hydrogens is 476 g/mol. The zero-order valence-electron chi connectivity index (χ0n) is 23.0. The van der Waals surface area contributed by atoms with Crippen LogP contribution in [-0.2, 0) is 0 Å². The standard InChI is InChI=1S/C31H38N4O3/c1-20(2)34-30(23-14-17-32(5)18-15-23)35(33-19-16-26(36)29(37)28(33)31(34)38)27(24-12-8-6-10-21(24)3)25-13-9-7-11-22(25)4/h6-13,16,19-20,23,27,30,37H,14-15,17-18H2,1-5H3. The number of benzene rings is 2. The smallest absolute Gasteiger partial charge is 0.278 e. The summed E-state index contributed by atoms with van der Waals surface area (Å²) in [6.07, 6.45) is 3.29. The first-order chi connectivity index (χ1) is 18.2. The van der Waals surface area contributed by atoms with Crippen LogP contribution in [0.3, 0.4) is 0 Å². The van der Waals surface area contributed by atoms with Crippen molar-refractivity contribution in [3.05, 3.63) is 99.0 Å². The number of piperidine rings is 1. The molecule has 1 fully saturated rings. The summed E-state index contributed by atoms with van der Waals surface area (Å²) >= 11 is 0. The number of aromatic nitrogens is 1. The lowest BCUT2D eigenvalue weighted by atomic mass is 9.86. The van der Waals surface area contributed by atoms with Gasteiger partial charge in [-0.2, -0.15) is 0 Å². The van der Waals surface area contributed by atoms with Gasteiger partial charge in [-0.15, -0.1) is 0 Å². The molecule has 2 aliphatic heterocycles. The second-order valence-electron chi connectivity index (χ2n) is 11.1. The van der Waals surface area contributed by atoms with Gasteiger partial charge in [-0.25, -0.2) is 0 Å². The van der Waals surface area contributed by atoms with Crippen LogP contribution in [0, 0.1) is 19.8 Å². The third-order valence-corrected chi connectivity index (χ3v) is 8.27. The molecule has 1 aromatic heterocycles. The van der Waals surface area contributed by atoms with Crippen LogP contribution < -0.4 is 10.4 Å². The summed E-state index contributed by atoms with van der Waals surface area (Å²) in [5, 5.41) is 13.2. The largest absolute Gasteiger partial charge is 0.502 e. The van der Waals surface area contributed by atoms with Crippen molar-refractivity contribution < 1.29 is 9.90 Å². The van der Waals surface area contributed by atoms with E-state index in [1.165, 1.54) is 6.07 Å².